The number of nitrogen functional groups attached to an aromatic ring is 1. The number of halogens is 1. The highest BCUT2D eigenvalue weighted by Gasteiger charge is 2.23. The van der Waals surface area contributed by atoms with Crippen LogP contribution in [0.15, 0.2) is 42.5 Å². The molecule has 4 nitrogen and oxygen atoms in total. The van der Waals surface area contributed by atoms with Crippen LogP contribution in [0.4, 0.5) is 11.4 Å². The Hall–Kier alpha value is -2.20. The highest BCUT2D eigenvalue weighted by molar-refractivity contribution is 6.30. The molecule has 1 saturated heterocycles. The molecule has 5 heteroatoms. The second-order valence-corrected chi connectivity index (χ2v) is 6.27. The van der Waals surface area contributed by atoms with Crippen LogP contribution >= 0.6 is 11.6 Å². The fourth-order valence-electron chi connectivity index (χ4n) is 2.86. The average Bonchev–Trinajstić information content (AvgIpc) is 2.57. The summed E-state index contributed by atoms with van der Waals surface area (Å²) >= 11 is 5.93. The van der Waals surface area contributed by atoms with E-state index in [9.17, 15) is 4.79 Å². The summed E-state index contributed by atoms with van der Waals surface area (Å²) in [5.74, 6) is 0.0607. The molecule has 2 N–H and O–H groups in total. The first-order chi connectivity index (χ1) is 11.0. The third kappa shape index (κ3) is 3.42. The van der Waals surface area contributed by atoms with E-state index in [4.69, 9.17) is 17.3 Å². The first-order valence-electron chi connectivity index (χ1n) is 7.70. The second kappa shape index (κ2) is 6.50. The van der Waals surface area contributed by atoms with Crippen molar-refractivity contribution in [2.24, 2.45) is 0 Å². The molecule has 23 heavy (non-hydrogen) atoms. The van der Waals surface area contributed by atoms with Crippen molar-refractivity contribution in [1.29, 1.82) is 0 Å². The third-order valence-corrected chi connectivity index (χ3v) is 4.50. The number of piperazine rings is 1. The van der Waals surface area contributed by atoms with Crippen molar-refractivity contribution in [3.05, 3.63) is 58.6 Å². The zero-order valence-corrected chi connectivity index (χ0v) is 13.9. The minimum absolute atomic E-state index is 0.0607. The molecule has 0 radical (unpaired) electrons. The van der Waals surface area contributed by atoms with Gasteiger partial charge >= 0.3 is 0 Å². The molecule has 0 aliphatic carbocycles. The van der Waals surface area contributed by atoms with Gasteiger partial charge in [0.2, 0.25) is 0 Å². The Balaban J connectivity index is 1.67. The number of anilines is 2. The van der Waals surface area contributed by atoms with Crippen LogP contribution in [0.2, 0.25) is 5.02 Å². The third-order valence-electron chi connectivity index (χ3n) is 4.25. The maximum absolute atomic E-state index is 12.7. The predicted octanol–water partition coefficient (Wildman–Crippen LogP) is 3.19. The van der Waals surface area contributed by atoms with Crippen LogP contribution in [-0.4, -0.2) is 37.0 Å². The zero-order valence-electron chi connectivity index (χ0n) is 13.1. The Morgan fingerprint density at radius 3 is 2.35 bits per heavy atom. The number of carbonyl (C=O) groups excluding carboxylic acids is 1. The standard InChI is InChI=1S/C18H20ClN3O/c1-13-2-5-15(20)12-17(13)18(23)22-10-8-21(9-11-22)16-6-3-14(19)4-7-16/h2-7,12H,8-11,20H2,1H3. The van der Waals surface area contributed by atoms with Gasteiger partial charge in [-0.15, -0.1) is 0 Å². The number of amides is 1. The molecule has 1 fully saturated rings. The Morgan fingerprint density at radius 1 is 1.04 bits per heavy atom. The molecule has 2 aromatic rings. The topological polar surface area (TPSA) is 49.6 Å². The van der Waals surface area contributed by atoms with Crippen LogP contribution in [-0.2, 0) is 0 Å². The first kappa shape index (κ1) is 15.7. The number of benzene rings is 2. The molecule has 0 unspecified atom stereocenters. The lowest BCUT2D eigenvalue weighted by molar-refractivity contribution is 0.0746. The molecule has 0 aromatic heterocycles. The van der Waals surface area contributed by atoms with E-state index < -0.39 is 0 Å². The largest absolute Gasteiger partial charge is 0.399 e. The van der Waals surface area contributed by atoms with Crippen LogP contribution in [0.1, 0.15) is 15.9 Å². The van der Waals surface area contributed by atoms with Crippen molar-refractivity contribution in [1.82, 2.24) is 4.90 Å². The minimum Gasteiger partial charge on any atom is -0.399 e. The van der Waals surface area contributed by atoms with E-state index in [0.29, 0.717) is 24.3 Å². The second-order valence-electron chi connectivity index (χ2n) is 5.83. The molecule has 3 rings (SSSR count). The molecule has 1 aliphatic heterocycles. The van der Waals surface area contributed by atoms with Gasteiger partial charge in [-0.3, -0.25) is 4.79 Å². The van der Waals surface area contributed by atoms with Crippen molar-refractivity contribution in [3.8, 4) is 0 Å². The normalized spacial score (nSPS) is 14.9. The Kier molecular flexibility index (Phi) is 4.44. The molecule has 1 heterocycles. The van der Waals surface area contributed by atoms with Crippen LogP contribution in [0.25, 0.3) is 0 Å². The van der Waals surface area contributed by atoms with Gasteiger partial charge in [-0.2, -0.15) is 0 Å². The Morgan fingerprint density at radius 2 is 1.70 bits per heavy atom. The van der Waals surface area contributed by atoms with E-state index in [1.807, 2.05) is 48.2 Å². The van der Waals surface area contributed by atoms with E-state index in [1.165, 1.54) is 0 Å². The van der Waals surface area contributed by atoms with Crippen LogP contribution in [0.5, 0.6) is 0 Å². The van der Waals surface area contributed by atoms with Crippen LogP contribution in [0, 0.1) is 6.92 Å². The number of hydrogen-bond donors (Lipinski definition) is 1. The highest BCUT2D eigenvalue weighted by Crippen LogP contribution is 2.21. The quantitative estimate of drug-likeness (QED) is 0.861. The first-order valence-corrected chi connectivity index (χ1v) is 8.08. The maximum atomic E-state index is 12.7. The van der Waals surface area contributed by atoms with Crippen molar-refractivity contribution >= 4 is 28.9 Å². The van der Waals surface area contributed by atoms with Gasteiger partial charge in [0.15, 0.2) is 0 Å². The number of nitrogens with zero attached hydrogens (tertiary/aromatic N) is 2. The van der Waals surface area contributed by atoms with Crippen molar-refractivity contribution in [2.75, 3.05) is 36.8 Å². The Bertz CT molecular complexity index is 707. The molecule has 0 spiro atoms. The molecule has 1 amide bonds. The van der Waals surface area contributed by atoms with Crippen LogP contribution < -0.4 is 10.6 Å². The molecule has 0 atom stereocenters. The zero-order chi connectivity index (χ0) is 16.4. The van der Waals surface area contributed by atoms with Gasteiger partial charge in [0.25, 0.3) is 5.91 Å². The summed E-state index contributed by atoms with van der Waals surface area (Å²) in [6.07, 6.45) is 0. The predicted molar refractivity (Wildman–Crippen MR) is 95.2 cm³/mol. The van der Waals surface area contributed by atoms with Gasteiger partial charge in [-0.05, 0) is 48.9 Å². The minimum atomic E-state index is 0.0607. The van der Waals surface area contributed by atoms with Crippen molar-refractivity contribution < 1.29 is 4.79 Å². The van der Waals surface area contributed by atoms with E-state index in [2.05, 4.69) is 4.90 Å². The van der Waals surface area contributed by atoms with Gasteiger partial charge in [0.1, 0.15) is 0 Å². The molecule has 2 aromatic carbocycles. The number of carbonyl (C=O) groups is 1. The number of nitrogens with two attached hydrogens (primary N) is 1. The van der Waals surface area contributed by atoms with E-state index in [0.717, 1.165) is 29.4 Å². The summed E-state index contributed by atoms with van der Waals surface area (Å²) in [4.78, 5) is 16.9. The summed E-state index contributed by atoms with van der Waals surface area (Å²) in [5, 5.41) is 0.736. The van der Waals surface area contributed by atoms with Gasteiger partial charge < -0.3 is 15.5 Å². The highest BCUT2D eigenvalue weighted by atomic mass is 35.5. The fourth-order valence-corrected chi connectivity index (χ4v) is 2.99. The monoisotopic (exact) mass is 329 g/mol. The summed E-state index contributed by atoms with van der Waals surface area (Å²) in [6.45, 7) is 4.98. The number of aryl methyl sites for hydroxylation is 1. The Labute approximate surface area is 141 Å². The lowest BCUT2D eigenvalue weighted by Crippen LogP contribution is -2.48. The SMILES string of the molecule is Cc1ccc(N)cc1C(=O)N1CCN(c2ccc(Cl)cc2)CC1. The molecular weight excluding hydrogens is 310 g/mol. The van der Waals surface area contributed by atoms with Gasteiger partial charge in [-0.25, -0.2) is 0 Å². The molecular formula is C18H20ClN3O. The van der Waals surface area contributed by atoms with E-state index >= 15 is 0 Å². The number of rotatable bonds is 2. The molecule has 1 aliphatic rings. The summed E-state index contributed by atoms with van der Waals surface area (Å²) in [5.41, 5.74) is 9.24. The fraction of sp³-hybridized carbons (Fsp3) is 0.278. The summed E-state index contributed by atoms with van der Waals surface area (Å²) < 4.78 is 0. The lowest BCUT2D eigenvalue weighted by Gasteiger charge is -2.36. The van der Waals surface area contributed by atoms with Gasteiger partial charge in [-0.1, -0.05) is 17.7 Å². The van der Waals surface area contributed by atoms with Crippen molar-refractivity contribution in [2.45, 2.75) is 6.92 Å². The summed E-state index contributed by atoms with van der Waals surface area (Å²) in [6, 6.07) is 13.3. The molecule has 0 bridgehead atoms. The van der Waals surface area contributed by atoms with Gasteiger partial charge in [0.05, 0.1) is 0 Å². The molecule has 0 saturated carbocycles. The lowest BCUT2D eigenvalue weighted by atomic mass is 10.1. The average molecular weight is 330 g/mol. The number of hydrogen-bond acceptors (Lipinski definition) is 3. The smallest absolute Gasteiger partial charge is 0.254 e. The van der Waals surface area contributed by atoms with Crippen LogP contribution in [0.3, 0.4) is 0 Å². The van der Waals surface area contributed by atoms with Crippen molar-refractivity contribution in [3.63, 3.8) is 0 Å². The van der Waals surface area contributed by atoms with E-state index in [-0.39, 0.29) is 5.91 Å². The van der Waals surface area contributed by atoms with E-state index in [1.54, 1.807) is 6.07 Å². The maximum Gasteiger partial charge on any atom is 0.254 e. The summed E-state index contributed by atoms with van der Waals surface area (Å²) in [7, 11) is 0. The van der Waals surface area contributed by atoms with Gasteiger partial charge in [0, 0.05) is 48.1 Å². The molecule has 120 valence electrons.